The summed E-state index contributed by atoms with van der Waals surface area (Å²) in [5, 5.41) is 0. The Bertz CT molecular complexity index is 1190. The number of hydrogen-bond acceptors (Lipinski definition) is 5. The third kappa shape index (κ3) is 51.7. The first-order chi connectivity index (χ1) is 31.6. The predicted octanol–water partition coefficient (Wildman–Crippen LogP) is 18.5. The van der Waals surface area contributed by atoms with Crippen molar-refractivity contribution in [3.05, 3.63) is 85.1 Å². The van der Waals surface area contributed by atoms with Crippen molar-refractivity contribution < 1.29 is 23.8 Å². The molecule has 0 saturated carbocycles. The average molecular weight is 891 g/mol. The second-order valence-corrected chi connectivity index (χ2v) is 17.7. The topological polar surface area (TPSA) is 61.8 Å². The molecule has 0 spiro atoms. The highest BCUT2D eigenvalue weighted by Gasteiger charge is 2.17. The first-order valence-electron chi connectivity index (χ1n) is 27.1. The van der Waals surface area contributed by atoms with Gasteiger partial charge in [-0.3, -0.25) is 9.59 Å². The predicted molar refractivity (Wildman–Crippen MR) is 279 cm³/mol. The normalized spacial score (nSPS) is 12.9. The Morgan fingerprint density at radius 2 is 0.703 bits per heavy atom. The molecule has 0 bridgehead atoms. The van der Waals surface area contributed by atoms with E-state index in [-0.39, 0.29) is 25.2 Å². The number of hydrogen-bond donors (Lipinski definition) is 0. The Morgan fingerprint density at radius 1 is 0.359 bits per heavy atom. The van der Waals surface area contributed by atoms with Crippen LogP contribution in [-0.2, 0) is 23.8 Å². The van der Waals surface area contributed by atoms with Gasteiger partial charge < -0.3 is 14.2 Å². The second-order valence-electron chi connectivity index (χ2n) is 17.7. The first kappa shape index (κ1) is 61.1. The maximum atomic E-state index is 12.8. The van der Waals surface area contributed by atoms with Crippen LogP contribution in [0.4, 0.5) is 0 Å². The van der Waals surface area contributed by atoms with Crippen molar-refractivity contribution in [3.8, 4) is 0 Å². The van der Waals surface area contributed by atoms with Crippen LogP contribution in [0.1, 0.15) is 252 Å². The second kappa shape index (κ2) is 54.4. The smallest absolute Gasteiger partial charge is 0.306 e. The van der Waals surface area contributed by atoms with Crippen LogP contribution < -0.4 is 0 Å². The zero-order valence-electron chi connectivity index (χ0n) is 42.3. The maximum absolute atomic E-state index is 12.8. The molecule has 0 aromatic heterocycles. The van der Waals surface area contributed by atoms with Gasteiger partial charge in [-0.05, 0) is 116 Å². The molecule has 5 heteroatoms. The maximum Gasteiger partial charge on any atom is 0.306 e. The lowest BCUT2D eigenvalue weighted by Crippen LogP contribution is -2.30. The summed E-state index contributed by atoms with van der Waals surface area (Å²) in [6.45, 7) is 7.65. The van der Waals surface area contributed by atoms with E-state index in [4.69, 9.17) is 14.2 Å². The van der Waals surface area contributed by atoms with Crippen LogP contribution in [0, 0.1) is 0 Å². The van der Waals surface area contributed by atoms with Crippen molar-refractivity contribution in [2.24, 2.45) is 0 Å². The van der Waals surface area contributed by atoms with Gasteiger partial charge in [0.15, 0.2) is 6.10 Å². The summed E-state index contributed by atoms with van der Waals surface area (Å²) in [5.74, 6) is -0.430. The molecule has 0 fully saturated rings. The van der Waals surface area contributed by atoms with Crippen LogP contribution in [-0.4, -0.2) is 37.9 Å². The number of allylic oxidation sites excluding steroid dienone is 14. The van der Waals surface area contributed by atoms with Gasteiger partial charge in [0.05, 0.1) is 6.61 Å². The molecular formula is C59H102O5. The highest BCUT2D eigenvalue weighted by molar-refractivity contribution is 5.70. The number of carbonyl (C=O) groups excluding carboxylic acids is 2. The molecule has 0 radical (unpaired) electrons. The lowest BCUT2D eigenvalue weighted by atomic mass is 10.1. The summed E-state index contributed by atoms with van der Waals surface area (Å²) in [4.78, 5) is 25.5. The van der Waals surface area contributed by atoms with Crippen molar-refractivity contribution in [3.63, 3.8) is 0 Å². The number of ether oxygens (including phenoxy) is 3. The van der Waals surface area contributed by atoms with E-state index in [1.165, 1.54) is 122 Å². The summed E-state index contributed by atoms with van der Waals surface area (Å²) in [7, 11) is 0. The molecular weight excluding hydrogens is 789 g/mol. The van der Waals surface area contributed by atoms with Crippen molar-refractivity contribution in [2.75, 3.05) is 19.8 Å². The Morgan fingerprint density at radius 3 is 1.17 bits per heavy atom. The van der Waals surface area contributed by atoms with Crippen molar-refractivity contribution in [2.45, 2.75) is 258 Å². The molecule has 64 heavy (non-hydrogen) atoms. The molecule has 0 aromatic carbocycles. The molecule has 0 saturated heterocycles. The Balaban J connectivity index is 4.32. The summed E-state index contributed by atoms with van der Waals surface area (Å²) in [6.07, 6.45) is 71.6. The van der Waals surface area contributed by atoms with E-state index >= 15 is 0 Å². The molecule has 0 aliphatic heterocycles. The molecule has 1 atom stereocenters. The molecule has 0 amide bonds. The van der Waals surface area contributed by atoms with E-state index in [9.17, 15) is 9.59 Å². The van der Waals surface area contributed by atoms with E-state index in [0.29, 0.717) is 19.4 Å². The lowest BCUT2D eigenvalue weighted by molar-refractivity contribution is -0.163. The SMILES string of the molecule is CC/C=C\C/C=C\C/C=C\C/C=C\CCCCCCCCC(=O)OCC(COCCCCCCCC/C=C\CCCCCC)OC(=O)CCCCCCC/C=C\C/C=C\CCCCC. The van der Waals surface area contributed by atoms with Gasteiger partial charge in [0.1, 0.15) is 6.61 Å². The number of unbranched alkanes of at least 4 members (excludes halogenated alkanes) is 24. The lowest BCUT2D eigenvalue weighted by Gasteiger charge is -2.18. The quantitative estimate of drug-likeness (QED) is 0.0346. The first-order valence-corrected chi connectivity index (χ1v) is 27.1. The Kier molecular flexibility index (Phi) is 51.9. The molecule has 1 unspecified atom stereocenters. The minimum Gasteiger partial charge on any atom is -0.462 e. The molecule has 0 N–H and O–H groups in total. The van der Waals surface area contributed by atoms with Crippen LogP contribution in [0.15, 0.2) is 85.1 Å². The average Bonchev–Trinajstić information content (AvgIpc) is 3.30. The molecule has 0 heterocycles. The zero-order valence-corrected chi connectivity index (χ0v) is 42.3. The number of rotatable bonds is 49. The van der Waals surface area contributed by atoms with Gasteiger partial charge in [-0.15, -0.1) is 0 Å². The van der Waals surface area contributed by atoms with Gasteiger partial charge in [-0.25, -0.2) is 0 Å². The van der Waals surface area contributed by atoms with Crippen molar-refractivity contribution in [1.82, 2.24) is 0 Å². The van der Waals surface area contributed by atoms with Gasteiger partial charge >= 0.3 is 11.9 Å². The van der Waals surface area contributed by atoms with Gasteiger partial charge in [0.2, 0.25) is 0 Å². The van der Waals surface area contributed by atoms with Gasteiger partial charge in [0, 0.05) is 19.4 Å². The van der Waals surface area contributed by atoms with E-state index < -0.39 is 6.10 Å². The number of esters is 2. The van der Waals surface area contributed by atoms with Crippen LogP contribution in [0.3, 0.4) is 0 Å². The van der Waals surface area contributed by atoms with Crippen molar-refractivity contribution >= 4 is 11.9 Å². The number of carbonyl (C=O) groups is 2. The highest BCUT2D eigenvalue weighted by atomic mass is 16.6. The van der Waals surface area contributed by atoms with Crippen LogP contribution in [0.25, 0.3) is 0 Å². The summed E-state index contributed by atoms with van der Waals surface area (Å²) < 4.78 is 17.4. The van der Waals surface area contributed by atoms with E-state index in [0.717, 1.165) is 96.3 Å². The minimum absolute atomic E-state index is 0.0667. The summed E-state index contributed by atoms with van der Waals surface area (Å²) in [5.41, 5.74) is 0. The Hall–Kier alpha value is -2.92. The summed E-state index contributed by atoms with van der Waals surface area (Å²) >= 11 is 0. The van der Waals surface area contributed by atoms with Gasteiger partial charge in [-0.1, -0.05) is 209 Å². The van der Waals surface area contributed by atoms with E-state index in [2.05, 4.69) is 106 Å². The van der Waals surface area contributed by atoms with E-state index in [1.54, 1.807) is 0 Å². The highest BCUT2D eigenvalue weighted by Crippen LogP contribution is 2.13. The zero-order chi connectivity index (χ0) is 46.3. The molecule has 0 rings (SSSR count). The fourth-order valence-corrected chi connectivity index (χ4v) is 7.35. The van der Waals surface area contributed by atoms with Crippen LogP contribution in [0.2, 0.25) is 0 Å². The fourth-order valence-electron chi connectivity index (χ4n) is 7.35. The minimum atomic E-state index is -0.556. The largest absolute Gasteiger partial charge is 0.462 e. The molecule has 368 valence electrons. The molecule has 0 aliphatic rings. The third-order valence-electron chi connectivity index (χ3n) is 11.4. The van der Waals surface area contributed by atoms with Crippen LogP contribution in [0.5, 0.6) is 0 Å². The van der Waals surface area contributed by atoms with Gasteiger partial charge in [0.25, 0.3) is 0 Å². The van der Waals surface area contributed by atoms with Crippen LogP contribution >= 0.6 is 0 Å². The van der Waals surface area contributed by atoms with Crippen molar-refractivity contribution in [1.29, 1.82) is 0 Å². The third-order valence-corrected chi connectivity index (χ3v) is 11.4. The Labute approximate surface area is 397 Å². The molecule has 0 aromatic rings. The monoisotopic (exact) mass is 891 g/mol. The molecule has 5 nitrogen and oxygen atoms in total. The summed E-state index contributed by atoms with van der Waals surface area (Å²) in [6, 6.07) is 0. The standard InChI is InChI=1S/C59H102O5/c1-4-7-10-13-16-19-22-25-28-29-30-31-33-34-37-40-43-46-49-52-58(60)63-56-57(55-62-54-51-48-45-42-39-36-27-24-21-18-15-12-9-6-3)64-59(61)53-50-47-44-41-38-35-32-26-23-20-17-14-11-8-5-2/h7,10,16-17,19-21,24-26,28,30-32,57H,4-6,8-9,11-15,18,22-23,27,29,33-56H2,1-3H3/b10-7-,19-16-,20-17-,24-21-,28-25-,31-30-,32-26-. The van der Waals surface area contributed by atoms with Gasteiger partial charge in [-0.2, -0.15) is 0 Å². The molecule has 0 aliphatic carbocycles. The fraction of sp³-hybridized carbons (Fsp3) is 0.729. The van der Waals surface area contributed by atoms with E-state index in [1.807, 2.05) is 0 Å².